The van der Waals surface area contributed by atoms with E-state index in [9.17, 15) is 0 Å². The van der Waals surface area contributed by atoms with Gasteiger partial charge in [0, 0.05) is 16.0 Å². The van der Waals surface area contributed by atoms with E-state index in [2.05, 4.69) is 6.07 Å². The van der Waals surface area contributed by atoms with Crippen molar-refractivity contribution in [2.45, 2.75) is 45.4 Å². The van der Waals surface area contributed by atoms with Crippen LogP contribution in [0.1, 0.15) is 45.4 Å². The summed E-state index contributed by atoms with van der Waals surface area (Å²) < 4.78 is 0. The molecule has 86 valence electrons. The molecule has 4 aliphatic rings. The van der Waals surface area contributed by atoms with Gasteiger partial charge in [0.1, 0.15) is 0 Å². The van der Waals surface area contributed by atoms with Crippen LogP contribution in [0.25, 0.3) is 0 Å². The van der Waals surface area contributed by atoms with Crippen molar-refractivity contribution in [1.29, 1.82) is 5.26 Å². The van der Waals surface area contributed by atoms with Gasteiger partial charge in [-0.25, -0.2) is 0 Å². The fraction of sp³-hybridized carbons (Fsp3) is 0.786. The smallest absolute Gasteiger partial charge is 0.0956 e. The highest BCUT2D eigenvalue weighted by atomic mass is 35.5. The van der Waals surface area contributed by atoms with Crippen LogP contribution in [0.4, 0.5) is 0 Å². The lowest BCUT2D eigenvalue weighted by Gasteiger charge is -2.56. The van der Waals surface area contributed by atoms with Crippen molar-refractivity contribution in [2.75, 3.05) is 0 Å². The second-order valence-electron chi connectivity index (χ2n) is 6.25. The molecule has 4 fully saturated rings. The predicted octanol–water partition coefficient (Wildman–Crippen LogP) is 4.24. The summed E-state index contributed by atoms with van der Waals surface area (Å²) in [5.41, 5.74) is 0.958. The van der Waals surface area contributed by atoms with Gasteiger partial charge in [-0.15, -0.1) is 0 Å². The Bertz CT molecular complexity index is 353. The number of allylic oxidation sites excluding steroid dienone is 2. The van der Waals surface area contributed by atoms with Crippen LogP contribution in [-0.4, -0.2) is 0 Å². The summed E-state index contributed by atoms with van der Waals surface area (Å²) in [7, 11) is 0. The Balaban J connectivity index is 1.98. The molecule has 0 atom stereocenters. The molecule has 0 N–H and O–H groups in total. The molecule has 0 aromatic heterocycles. The SMILES string of the molecule is CC(C#N)=C(Cl)C12CC3CC(CC(C3)C1)C2. The van der Waals surface area contributed by atoms with E-state index < -0.39 is 0 Å². The van der Waals surface area contributed by atoms with Crippen LogP contribution < -0.4 is 0 Å². The largest absolute Gasteiger partial charge is 0.193 e. The van der Waals surface area contributed by atoms with Crippen LogP contribution >= 0.6 is 11.6 Å². The van der Waals surface area contributed by atoms with Gasteiger partial charge in [-0.05, 0) is 63.2 Å². The van der Waals surface area contributed by atoms with E-state index in [1.807, 2.05) is 6.92 Å². The standard InChI is InChI=1S/C14H18ClN/c1-9(8-16)13(15)14-5-10-2-11(6-14)4-12(3-10)7-14/h10-12H,2-7H2,1H3. The molecule has 4 bridgehead atoms. The highest BCUT2D eigenvalue weighted by Crippen LogP contribution is 2.63. The fourth-order valence-electron chi connectivity index (χ4n) is 4.83. The van der Waals surface area contributed by atoms with E-state index in [0.29, 0.717) is 0 Å². The second-order valence-corrected chi connectivity index (χ2v) is 6.63. The van der Waals surface area contributed by atoms with Crippen molar-refractivity contribution >= 4 is 11.6 Å². The van der Waals surface area contributed by atoms with Gasteiger partial charge in [0.2, 0.25) is 0 Å². The number of hydrogen-bond donors (Lipinski definition) is 0. The summed E-state index contributed by atoms with van der Waals surface area (Å²) in [4.78, 5) is 0. The first-order valence-corrected chi connectivity index (χ1v) is 6.78. The van der Waals surface area contributed by atoms with Gasteiger partial charge in [-0.2, -0.15) is 5.26 Å². The van der Waals surface area contributed by atoms with Crippen LogP contribution in [0.2, 0.25) is 0 Å². The molecule has 4 aliphatic carbocycles. The normalized spacial score (nSPS) is 46.4. The van der Waals surface area contributed by atoms with Crippen LogP contribution in [0.5, 0.6) is 0 Å². The third-order valence-corrected chi connectivity index (χ3v) is 5.69. The van der Waals surface area contributed by atoms with Crippen molar-refractivity contribution in [3.05, 3.63) is 10.6 Å². The minimum Gasteiger partial charge on any atom is -0.193 e. The van der Waals surface area contributed by atoms with E-state index in [1.54, 1.807) is 0 Å². The third kappa shape index (κ3) is 1.43. The molecule has 0 unspecified atom stereocenters. The van der Waals surface area contributed by atoms with Gasteiger partial charge < -0.3 is 0 Å². The van der Waals surface area contributed by atoms with Crippen LogP contribution in [0.15, 0.2) is 10.6 Å². The summed E-state index contributed by atoms with van der Waals surface area (Å²) in [5.74, 6) is 2.68. The Labute approximate surface area is 102 Å². The van der Waals surface area contributed by atoms with E-state index in [4.69, 9.17) is 16.9 Å². The Morgan fingerprint density at radius 2 is 1.56 bits per heavy atom. The minimum atomic E-state index is 0.204. The van der Waals surface area contributed by atoms with Crippen molar-refractivity contribution in [2.24, 2.45) is 23.2 Å². The summed E-state index contributed by atoms with van der Waals surface area (Å²) in [6, 6.07) is 2.24. The van der Waals surface area contributed by atoms with Crippen molar-refractivity contribution < 1.29 is 0 Å². The first-order chi connectivity index (χ1) is 7.63. The molecule has 0 amide bonds. The Morgan fingerprint density at radius 3 is 1.94 bits per heavy atom. The van der Waals surface area contributed by atoms with Gasteiger partial charge >= 0.3 is 0 Å². The highest BCUT2D eigenvalue weighted by Gasteiger charge is 2.52. The first-order valence-electron chi connectivity index (χ1n) is 6.40. The Kier molecular flexibility index (Phi) is 2.33. The number of nitriles is 1. The van der Waals surface area contributed by atoms with Crippen molar-refractivity contribution in [3.8, 4) is 6.07 Å². The molecule has 0 spiro atoms. The van der Waals surface area contributed by atoms with Crippen LogP contribution in [-0.2, 0) is 0 Å². The average Bonchev–Trinajstić information content (AvgIpc) is 2.25. The van der Waals surface area contributed by atoms with Crippen molar-refractivity contribution in [1.82, 2.24) is 0 Å². The second kappa shape index (κ2) is 3.50. The lowest BCUT2D eigenvalue weighted by Crippen LogP contribution is -2.46. The third-order valence-electron chi connectivity index (χ3n) is 5.00. The maximum Gasteiger partial charge on any atom is 0.0956 e. The molecule has 0 radical (unpaired) electrons. The van der Waals surface area contributed by atoms with Crippen LogP contribution in [0.3, 0.4) is 0 Å². The molecule has 0 saturated heterocycles. The lowest BCUT2D eigenvalue weighted by molar-refractivity contribution is -0.0266. The lowest BCUT2D eigenvalue weighted by atomic mass is 9.49. The first kappa shape index (κ1) is 10.7. The molecule has 4 saturated carbocycles. The maximum atomic E-state index is 9.01. The van der Waals surface area contributed by atoms with E-state index in [1.165, 1.54) is 38.5 Å². The van der Waals surface area contributed by atoms with E-state index in [0.717, 1.165) is 28.4 Å². The quantitative estimate of drug-likeness (QED) is 0.624. The van der Waals surface area contributed by atoms with Gasteiger partial charge in [0.15, 0.2) is 0 Å². The molecule has 2 heteroatoms. The molecular formula is C14H18ClN. The molecular weight excluding hydrogens is 218 g/mol. The highest BCUT2D eigenvalue weighted by molar-refractivity contribution is 6.31. The van der Waals surface area contributed by atoms with Gasteiger partial charge in [-0.1, -0.05) is 11.6 Å². The number of halogens is 1. The monoisotopic (exact) mass is 235 g/mol. The van der Waals surface area contributed by atoms with Gasteiger partial charge in [0.05, 0.1) is 6.07 Å². The predicted molar refractivity (Wildman–Crippen MR) is 64.8 cm³/mol. The zero-order valence-electron chi connectivity index (χ0n) is 9.80. The number of rotatable bonds is 1. The Hall–Kier alpha value is -0.480. The topological polar surface area (TPSA) is 23.8 Å². The summed E-state index contributed by atoms with van der Waals surface area (Å²) >= 11 is 6.51. The number of nitrogens with zero attached hydrogens (tertiary/aromatic N) is 1. The van der Waals surface area contributed by atoms with E-state index in [-0.39, 0.29) is 5.41 Å². The maximum absolute atomic E-state index is 9.01. The molecule has 0 aromatic carbocycles. The van der Waals surface area contributed by atoms with Crippen molar-refractivity contribution in [3.63, 3.8) is 0 Å². The molecule has 16 heavy (non-hydrogen) atoms. The summed E-state index contributed by atoms with van der Waals surface area (Å²) in [6.45, 7) is 1.88. The fourth-order valence-corrected chi connectivity index (χ4v) is 5.10. The summed E-state index contributed by atoms with van der Waals surface area (Å²) in [6.07, 6.45) is 8.02. The molecule has 1 nitrogen and oxygen atoms in total. The zero-order valence-corrected chi connectivity index (χ0v) is 10.6. The average molecular weight is 236 g/mol. The molecule has 4 rings (SSSR count). The Morgan fingerprint density at radius 1 is 1.12 bits per heavy atom. The zero-order chi connectivity index (χ0) is 11.3. The van der Waals surface area contributed by atoms with Gasteiger partial charge in [-0.3, -0.25) is 0 Å². The molecule has 0 aliphatic heterocycles. The molecule has 0 heterocycles. The van der Waals surface area contributed by atoms with E-state index >= 15 is 0 Å². The van der Waals surface area contributed by atoms with Gasteiger partial charge in [0.25, 0.3) is 0 Å². The molecule has 0 aromatic rings. The summed E-state index contributed by atoms with van der Waals surface area (Å²) in [5, 5.41) is 9.91. The minimum absolute atomic E-state index is 0.204. The number of hydrogen-bond acceptors (Lipinski definition) is 1. The van der Waals surface area contributed by atoms with Crippen LogP contribution in [0, 0.1) is 34.5 Å².